The third-order valence-electron chi connectivity index (χ3n) is 5.59. The summed E-state index contributed by atoms with van der Waals surface area (Å²) in [5.74, 6) is -1.68. The molecule has 1 saturated heterocycles. The van der Waals surface area contributed by atoms with Gasteiger partial charge in [0.05, 0.1) is 16.3 Å². The molecule has 2 aliphatic heterocycles. The first-order valence-corrected chi connectivity index (χ1v) is 10.6. The van der Waals surface area contributed by atoms with E-state index in [1.807, 2.05) is 30.3 Å². The van der Waals surface area contributed by atoms with Gasteiger partial charge in [0.2, 0.25) is 5.91 Å². The van der Waals surface area contributed by atoms with E-state index >= 15 is 0 Å². The molecule has 172 valence electrons. The zero-order chi connectivity index (χ0) is 24.5. The molecule has 0 aromatic heterocycles. The van der Waals surface area contributed by atoms with Gasteiger partial charge in [0.15, 0.2) is 0 Å². The molecule has 3 aromatic rings. The van der Waals surface area contributed by atoms with Crippen LogP contribution in [0.15, 0.2) is 83.5 Å². The minimum atomic E-state index is -0.841. The van der Waals surface area contributed by atoms with Crippen molar-refractivity contribution >= 4 is 46.7 Å². The lowest BCUT2D eigenvalue weighted by atomic mass is 9.90. The second-order valence-electron chi connectivity index (χ2n) is 7.87. The fourth-order valence-corrected chi connectivity index (χ4v) is 3.97. The van der Waals surface area contributed by atoms with Crippen molar-refractivity contribution in [1.29, 1.82) is 0 Å². The van der Waals surface area contributed by atoms with Crippen molar-refractivity contribution < 1.29 is 19.3 Å². The smallest absolute Gasteiger partial charge is 0.325 e. The molecule has 0 spiro atoms. The molecule has 1 fully saturated rings. The van der Waals surface area contributed by atoms with Crippen molar-refractivity contribution in [2.45, 2.75) is 5.92 Å². The van der Waals surface area contributed by atoms with Crippen LogP contribution in [0.25, 0.3) is 6.08 Å². The number of nitro benzene ring substituents is 1. The average Bonchev–Trinajstić information content (AvgIpc) is 3.35. The second-order valence-corrected chi connectivity index (χ2v) is 7.87. The van der Waals surface area contributed by atoms with Gasteiger partial charge in [-0.05, 0) is 35.4 Å². The average molecular weight is 467 g/mol. The Morgan fingerprint density at radius 3 is 2.31 bits per heavy atom. The predicted octanol–water partition coefficient (Wildman–Crippen LogP) is 3.63. The summed E-state index contributed by atoms with van der Waals surface area (Å²) < 4.78 is 0. The van der Waals surface area contributed by atoms with Crippen LogP contribution in [0.5, 0.6) is 0 Å². The molecule has 3 aromatic carbocycles. The zero-order valence-corrected chi connectivity index (χ0v) is 18.0. The van der Waals surface area contributed by atoms with Gasteiger partial charge < -0.3 is 10.6 Å². The number of carbonyl (C=O) groups is 3. The number of hydrogen-bond donors (Lipinski definition) is 3. The van der Waals surface area contributed by atoms with Crippen LogP contribution < -0.4 is 16.0 Å². The van der Waals surface area contributed by atoms with E-state index in [9.17, 15) is 24.5 Å². The number of fused-ring (bicyclic) bond motifs is 1. The lowest BCUT2D eigenvalue weighted by Crippen LogP contribution is -2.22. The highest BCUT2D eigenvalue weighted by Gasteiger charge is 2.36. The molecule has 1 unspecified atom stereocenters. The number of rotatable bonds is 5. The van der Waals surface area contributed by atoms with Gasteiger partial charge in [0.25, 0.3) is 11.6 Å². The topological polar surface area (TPSA) is 143 Å². The summed E-state index contributed by atoms with van der Waals surface area (Å²) in [4.78, 5) is 51.6. The molecule has 0 radical (unpaired) electrons. The summed E-state index contributed by atoms with van der Waals surface area (Å²) in [7, 11) is 0. The highest BCUT2D eigenvalue weighted by atomic mass is 16.6. The molecule has 1 atom stereocenters. The molecule has 4 amide bonds. The molecule has 0 bridgehead atoms. The van der Waals surface area contributed by atoms with Gasteiger partial charge >= 0.3 is 6.03 Å². The molecule has 10 heteroatoms. The summed E-state index contributed by atoms with van der Waals surface area (Å²) in [6, 6.07) is 19.7. The standard InChI is InChI=1S/C25H17N5O5/c31-23-20(28-25(33)29-23)12-14-6-8-16(9-7-14)26-22(15-4-2-1-3-5-15)21-18-13-17(30(34)35)10-11-19(18)27-24(21)32/h1-13,21H,(H,27,32)(H2,28,29,31,33). The number of imide groups is 1. The van der Waals surface area contributed by atoms with Crippen molar-refractivity contribution in [1.82, 2.24) is 10.6 Å². The minimum Gasteiger partial charge on any atom is -0.325 e. The Labute approximate surface area is 198 Å². The quantitative estimate of drug-likeness (QED) is 0.173. The van der Waals surface area contributed by atoms with E-state index in [1.54, 1.807) is 24.3 Å². The van der Waals surface area contributed by atoms with E-state index in [0.29, 0.717) is 33.8 Å². The monoisotopic (exact) mass is 467 g/mol. The van der Waals surface area contributed by atoms with E-state index in [-0.39, 0.29) is 17.3 Å². The first kappa shape index (κ1) is 21.7. The summed E-state index contributed by atoms with van der Waals surface area (Å²) in [6.07, 6.45) is 1.53. The summed E-state index contributed by atoms with van der Waals surface area (Å²) >= 11 is 0. The van der Waals surface area contributed by atoms with Crippen LogP contribution in [-0.4, -0.2) is 28.5 Å². The van der Waals surface area contributed by atoms with Gasteiger partial charge in [-0.2, -0.15) is 0 Å². The Morgan fingerprint density at radius 1 is 0.914 bits per heavy atom. The number of anilines is 1. The number of benzene rings is 3. The molecular formula is C25H17N5O5. The molecule has 5 rings (SSSR count). The molecule has 0 saturated carbocycles. The van der Waals surface area contributed by atoms with Crippen molar-refractivity contribution in [2.75, 3.05) is 5.32 Å². The Balaban J connectivity index is 1.55. The van der Waals surface area contributed by atoms with Crippen LogP contribution in [0.3, 0.4) is 0 Å². The van der Waals surface area contributed by atoms with Gasteiger partial charge in [-0.25, -0.2) is 4.79 Å². The minimum absolute atomic E-state index is 0.113. The summed E-state index contributed by atoms with van der Waals surface area (Å²) in [5.41, 5.74) is 3.36. The van der Waals surface area contributed by atoms with Crippen LogP contribution in [0, 0.1) is 10.1 Å². The lowest BCUT2D eigenvalue weighted by Gasteiger charge is -2.14. The number of nitro groups is 1. The normalized spacial score (nSPS) is 18.2. The first-order chi connectivity index (χ1) is 16.9. The van der Waals surface area contributed by atoms with Gasteiger partial charge in [0.1, 0.15) is 11.6 Å². The van der Waals surface area contributed by atoms with Gasteiger partial charge in [0, 0.05) is 23.4 Å². The fraction of sp³-hybridized carbons (Fsp3) is 0.0400. The fourth-order valence-electron chi connectivity index (χ4n) is 3.97. The number of hydrogen-bond acceptors (Lipinski definition) is 6. The van der Waals surface area contributed by atoms with Crippen molar-refractivity contribution in [3.05, 3.63) is 105 Å². The summed E-state index contributed by atoms with van der Waals surface area (Å²) in [6.45, 7) is 0. The van der Waals surface area contributed by atoms with E-state index in [1.165, 1.54) is 24.3 Å². The third kappa shape index (κ3) is 4.27. The molecule has 10 nitrogen and oxygen atoms in total. The largest absolute Gasteiger partial charge is 0.326 e. The SMILES string of the molecule is O=C1NC(=O)C(=Cc2ccc(N=C(c3ccccc3)C3C(=O)Nc4ccc([N+](=O)[O-])cc43)cc2)N1. The van der Waals surface area contributed by atoms with Crippen molar-refractivity contribution in [3.63, 3.8) is 0 Å². The number of urea groups is 1. The van der Waals surface area contributed by atoms with E-state index in [2.05, 4.69) is 16.0 Å². The van der Waals surface area contributed by atoms with E-state index < -0.39 is 22.8 Å². The van der Waals surface area contributed by atoms with Crippen molar-refractivity contribution in [2.24, 2.45) is 4.99 Å². The first-order valence-electron chi connectivity index (χ1n) is 10.6. The number of carbonyl (C=O) groups excluding carboxylic acids is 3. The van der Waals surface area contributed by atoms with Gasteiger partial charge in [-0.1, -0.05) is 42.5 Å². The van der Waals surface area contributed by atoms with Crippen LogP contribution in [-0.2, 0) is 9.59 Å². The van der Waals surface area contributed by atoms with Crippen LogP contribution >= 0.6 is 0 Å². The zero-order valence-electron chi connectivity index (χ0n) is 18.0. The molecule has 3 N–H and O–H groups in total. The molecule has 35 heavy (non-hydrogen) atoms. The third-order valence-corrected chi connectivity index (χ3v) is 5.59. The Bertz CT molecular complexity index is 1440. The maximum Gasteiger partial charge on any atom is 0.326 e. The highest BCUT2D eigenvalue weighted by Crippen LogP contribution is 2.38. The molecule has 2 aliphatic rings. The number of non-ortho nitro benzene ring substituents is 1. The number of nitrogens with zero attached hydrogens (tertiary/aromatic N) is 2. The molecule has 2 heterocycles. The number of nitrogens with one attached hydrogen (secondary N) is 3. The highest BCUT2D eigenvalue weighted by molar-refractivity contribution is 6.24. The molecular weight excluding hydrogens is 450 g/mol. The summed E-state index contributed by atoms with van der Waals surface area (Å²) in [5, 5.41) is 18.7. The Kier molecular flexibility index (Phi) is 5.38. The maximum absolute atomic E-state index is 13.0. The van der Waals surface area contributed by atoms with Crippen molar-refractivity contribution in [3.8, 4) is 0 Å². The van der Waals surface area contributed by atoms with Crippen LogP contribution in [0.1, 0.15) is 22.6 Å². The second kappa shape index (κ2) is 8.67. The maximum atomic E-state index is 13.0. The van der Waals surface area contributed by atoms with Crippen LogP contribution in [0.2, 0.25) is 0 Å². The van der Waals surface area contributed by atoms with Gasteiger partial charge in [-0.15, -0.1) is 0 Å². The lowest BCUT2D eigenvalue weighted by molar-refractivity contribution is -0.384. The van der Waals surface area contributed by atoms with Gasteiger partial charge in [-0.3, -0.25) is 30.0 Å². The van der Waals surface area contributed by atoms with Crippen LogP contribution in [0.4, 0.5) is 21.9 Å². The molecule has 0 aliphatic carbocycles. The predicted molar refractivity (Wildman–Crippen MR) is 128 cm³/mol. The van der Waals surface area contributed by atoms with E-state index in [0.717, 1.165) is 0 Å². The Hall–Kier alpha value is -5.12. The van der Waals surface area contributed by atoms with E-state index in [4.69, 9.17) is 4.99 Å². The number of aliphatic imine (C=N–C) groups is 1. The number of amides is 4. The Morgan fingerprint density at radius 2 is 1.66 bits per heavy atom.